The van der Waals surface area contributed by atoms with Crippen molar-refractivity contribution in [3.05, 3.63) is 189 Å². The topological polar surface area (TPSA) is 301 Å². The first-order valence-corrected chi connectivity index (χ1v) is 54.9. The fraction of sp³-hybridized carbons (Fsp3) is 0.639. The van der Waals surface area contributed by atoms with E-state index in [0.29, 0.717) is 43.0 Å². The summed E-state index contributed by atoms with van der Waals surface area (Å²) in [5.74, 6) is -2.21. The number of likely N-dealkylation sites (N-methyl/N-ethyl adjacent to an activating group) is 6. The lowest BCUT2D eigenvalue weighted by Gasteiger charge is -2.39. The molecule has 0 aliphatic carbocycles. The molecule has 0 bridgehead atoms. The molecule has 0 aromatic heterocycles. The molecule has 4 aliphatic rings. The summed E-state index contributed by atoms with van der Waals surface area (Å²) in [5.41, 5.74) is 9.23. The molecule has 8 amide bonds. The summed E-state index contributed by atoms with van der Waals surface area (Å²) in [6.07, 6.45) is 22.7. The maximum Gasteiger partial charge on any atom is 0.254 e. The molecule has 26 heteroatoms. The van der Waals surface area contributed by atoms with E-state index in [1.807, 2.05) is 247 Å². The van der Waals surface area contributed by atoms with E-state index in [0.717, 1.165) is 136 Å². The number of methoxy groups -OCH3 is 1. The van der Waals surface area contributed by atoms with Crippen molar-refractivity contribution in [2.75, 3.05) is 95.4 Å². The second-order valence-corrected chi connectivity index (χ2v) is 42.9. The lowest BCUT2D eigenvalue weighted by molar-refractivity contribution is -0.141. The summed E-state index contributed by atoms with van der Waals surface area (Å²) in [5, 5.41) is 9.22. The van der Waals surface area contributed by atoms with E-state index in [-0.39, 0.29) is 152 Å². The third-order valence-corrected chi connectivity index (χ3v) is 26.8. The smallest absolute Gasteiger partial charge is 0.254 e. The Kier molecular flexibility index (Phi) is 65.4. The van der Waals surface area contributed by atoms with Crippen LogP contribution in [0.2, 0.25) is 0 Å². The Labute approximate surface area is 894 Å². The molecule has 4 aromatic rings. The number of imide groups is 1. The van der Waals surface area contributed by atoms with Crippen LogP contribution in [0.5, 0.6) is 0 Å². The molecule has 26 nitrogen and oxygen atoms in total. The minimum absolute atomic E-state index is 0.00873. The molecule has 3 unspecified atom stereocenters. The van der Waals surface area contributed by atoms with Crippen molar-refractivity contribution in [3.8, 4) is 0 Å². The molecule has 4 heterocycles. The molecule has 8 rings (SSSR count). The number of carbonyl (C=O) groups is 12. The number of hydrogen-bond acceptors (Lipinski definition) is 19. The Bertz CT molecular complexity index is 4720. The highest BCUT2D eigenvalue weighted by atomic mass is 16.5. The van der Waals surface area contributed by atoms with Gasteiger partial charge in [0, 0.05) is 46.8 Å². The van der Waals surface area contributed by atoms with Crippen molar-refractivity contribution >= 4 is 70.4 Å². The summed E-state index contributed by atoms with van der Waals surface area (Å²) < 4.78 is 22.2. The zero-order chi connectivity index (χ0) is 113. The summed E-state index contributed by atoms with van der Waals surface area (Å²) in [6, 6.07) is 28.9. The fourth-order valence-electron chi connectivity index (χ4n) is 17.5. The number of aryl methyl sites for hydroxylation is 4. The molecule has 4 aromatic carbocycles. The Morgan fingerprint density at radius 1 is 0.378 bits per heavy atom. The summed E-state index contributed by atoms with van der Waals surface area (Å²) >= 11 is 0. The Morgan fingerprint density at radius 2 is 0.622 bits per heavy atom. The third-order valence-electron chi connectivity index (χ3n) is 26.8. The van der Waals surface area contributed by atoms with Crippen LogP contribution >= 0.6 is 0 Å². The van der Waals surface area contributed by atoms with Crippen LogP contribution in [0.25, 0.3) is 0 Å². The minimum Gasteiger partial charge on any atom is -0.380 e. The number of rotatable bonds is 45. The number of carbonyl (C=O) groups excluding carboxylic acids is 12. The van der Waals surface area contributed by atoms with Gasteiger partial charge < -0.3 is 49.6 Å². The van der Waals surface area contributed by atoms with E-state index in [1.54, 1.807) is 63.7 Å². The van der Waals surface area contributed by atoms with Crippen LogP contribution in [0.4, 0.5) is 0 Å². The molecule has 3 N–H and O–H groups in total. The normalized spacial score (nSPS) is 17.0. The predicted molar refractivity (Wildman–Crippen MR) is 603 cm³/mol. The van der Waals surface area contributed by atoms with Gasteiger partial charge in [0.25, 0.3) is 11.8 Å². The van der Waals surface area contributed by atoms with E-state index in [1.165, 1.54) is 35.1 Å². The van der Waals surface area contributed by atoms with Crippen molar-refractivity contribution in [3.63, 3.8) is 0 Å². The number of nitrogens with zero attached hydrogens (tertiary/aromatic N) is 7. The number of likely N-dealkylation sites (tertiary alicyclic amines) is 3. The number of piperidine rings is 3. The highest BCUT2D eigenvalue weighted by molar-refractivity contribution is 6.14. The van der Waals surface area contributed by atoms with Gasteiger partial charge in [0.1, 0.15) is 37.9 Å². The number of ketones is 4. The first kappa shape index (κ1) is 136. The molecule has 0 spiro atoms. The van der Waals surface area contributed by atoms with E-state index < -0.39 is 46.2 Å². The SMILES string of the molecule is C/C(=C\[C@H](C(C)C)N(C)C(=O)[C@@H](NC(=O)C1CCCCN1C)C(C)(C)C)C(=O)COCc1ccc(CCC(=O)CN2C(=O)C=CC2=O)cc1.CC.CC.CC.CC.CCCc1ccc(COC)cc1.CCCc1ccc(COCC(=O)/C(C)=C/[C@H](C(C)C)N(C)C(=O)[C@@H](NC(=O)C2CCCCN2C)C(C)(C)C)cc1.CCc1ccc(COCC(=O)/C(C)=C/[C@H](C(C)C)N(C)C(=O)[C@@H](NC(=O)C2CCCCN2C)C(C)(C)C)cc1. The molecular formula is C122H198N10O16. The Balaban J connectivity index is 0.00000102. The lowest BCUT2D eigenvalue weighted by Crippen LogP contribution is -2.59. The maximum atomic E-state index is 13.9. The van der Waals surface area contributed by atoms with E-state index >= 15 is 0 Å². The molecule has 832 valence electrons. The molecule has 148 heavy (non-hydrogen) atoms. The number of amides is 8. The van der Waals surface area contributed by atoms with E-state index in [2.05, 4.69) is 100.0 Å². The van der Waals surface area contributed by atoms with Gasteiger partial charge in [-0.25, -0.2) is 0 Å². The van der Waals surface area contributed by atoms with Crippen LogP contribution < -0.4 is 16.0 Å². The highest BCUT2D eigenvalue weighted by Gasteiger charge is 2.44. The number of nitrogens with one attached hydrogen (secondary N) is 3. The Hall–Kier alpha value is -9.80. The molecule has 0 saturated carbocycles. The van der Waals surface area contributed by atoms with Gasteiger partial charge in [0.05, 0.1) is 69.2 Å². The zero-order valence-electron chi connectivity index (χ0n) is 98.3. The second-order valence-electron chi connectivity index (χ2n) is 42.9. The van der Waals surface area contributed by atoms with Crippen LogP contribution in [0.1, 0.15) is 322 Å². The van der Waals surface area contributed by atoms with Crippen molar-refractivity contribution in [2.24, 2.45) is 34.0 Å². The average Bonchev–Trinajstić information content (AvgIpc) is 1.68. The number of ether oxygens (including phenoxy) is 4. The molecule has 9 atom stereocenters. The Morgan fingerprint density at radius 3 is 0.851 bits per heavy atom. The fourth-order valence-corrected chi connectivity index (χ4v) is 17.5. The number of Topliss-reactive ketones (excluding diaryl/α,β-unsaturated/α-hetero) is 4. The standard InChI is InChI=1S/C38H54N4O7.C33H53N3O4.C32H51N3O4.C11H16O.4C2H6/c1-25(2)31(41(8)37(48)35(38(4,5)6)39-36(47)30-11-9-10-20-40(30)7)21-26(3)32(44)24-49-23-28-14-12-27(13-15-28)16-17-29(43)22-42-33(45)18-19-34(42)46;1-10-13-25-15-17-26(18-16-25)21-40-22-29(37)24(4)20-28(23(2)3)36(9)32(39)30(33(5,6)7)34-31(38)27-14-11-12-19-35(27)8;1-10-24-14-16-25(17-15-24)20-39-21-28(36)23(4)19-27(22(2)3)35(9)31(38)29(32(5,6)7)33-30(37)26-13-11-12-18-34(26)8;1-3-4-10-5-7-11(8-6-10)9-12-2;4*1-2/h12-15,18-19,21,25,30-31,35H,9-11,16-17,20,22-24H2,1-8H3,(H,39,47);15-18,20,23,27-28,30H,10-14,19,21-22H2,1-9H3,(H,34,38);14-17,19,22,26-27,29H,10-13,18,20-21H2,1-9H3,(H,33,37);5-8H,3-4,9H2,1-2H3;4*1-2H3/b26-21+;24-20+;23-19+;;;;;/t30?,31-,35-;27?,28-,30-;26?,27-,29-;;;;;/m111...../s1. The van der Waals surface area contributed by atoms with Gasteiger partial charge >= 0.3 is 0 Å². The summed E-state index contributed by atoms with van der Waals surface area (Å²) in [7, 11) is 12.8. The van der Waals surface area contributed by atoms with Crippen molar-refractivity contribution in [1.29, 1.82) is 0 Å². The molecule has 4 aliphatic heterocycles. The van der Waals surface area contributed by atoms with Gasteiger partial charge in [-0.15, -0.1) is 0 Å². The van der Waals surface area contributed by atoms with Crippen LogP contribution in [0.3, 0.4) is 0 Å². The van der Waals surface area contributed by atoms with Crippen molar-refractivity contribution in [2.45, 2.75) is 384 Å². The van der Waals surface area contributed by atoms with E-state index in [9.17, 15) is 57.5 Å². The summed E-state index contributed by atoms with van der Waals surface area (Å²) in [4.78, 5) is 168. The van der Waals surface area contributed by atoms with Gasteiger partial charge in [0.2, 0.25) is 35.4 Å². The third kappa shape index (κ3) is 47.8. The minimum atomic E-state index is -0.731. The van der Waals surface area contributed by atoms with Crippen molar-refractivity contribution < 1.29 is 76.5 Å². The van der Waals surface area contributed by atoms with Gasteiger partial charge in [-0.05, 0) is 221 Å². The second kappa shape index (κ2) is 71.1. The van der Waals surface area contributed by atoms with Gasteiger partial charge in [-0.1, -0.05) is 327 Å². The largest absolute Gasteiger partial charge is 0.380 e. The lowest BCUT2D eigenvalue weighted by atomic mass is 9.84. The quantitative estimate of drug-likeness (QED) is 0.0274. The van der Waals surface area contributed by atoms with Crippen LogP contribution in [0, 0.1) is 34.0 Å². The first-order valence-electron chi connectivity index (χ1n) is 54.9. The van der Waals surface area contributed by atoms with Crippen LogP contribution in [-0.2, 0) is 129 Å². The van der Waals surface area contributed by atoms with Crippen LogP contribution in [-0.4, -0.2) is 254 Å². The maximum absolute atomic E-state index is 13.9. The number of benzene rings is 4. The van der Waals surface area contributed by atoms with Gasteiger partial charge in [0.15, 0.2) is 23.1 Å². The van der Waals surface area contributed by atoms with Gasteiger partial charge in [-0.2, -0.15) is 0 Å². The first-order chi connectivity index (χ1) is 69.9. The zero-order valence-corrected chi connectivity index (χ0v) is 98.3. The highest BCUT2D eigenvalue weighted by Crippen LogP contribution is 2.31. The molecule has 3 saturated heterocycles. The molecular weight excluding hydrogens is 1860 g/mol. The summed E-state index contributed by atoms with van der Waals surface area (Å²) in [6.45, 7) is 61.4. The van der Waals surface area contributed by atoms with Crippen molar-refractivity contribution in [1.82, 2.24) is 50.2 Å². The molecule has 3 fully saturated rings. The van der Waals surface area contributed by atoms with Crippen LogP contribution in [0.15, 0.2) is 144 Å². The number of hydrogen-bond donors (Lipinski definition) is 3. The monoisotopic (exact) mass is 2060 g/mol. The predicted octanol–water partition coefficient (Wildman–Crippen LogP) is 20.5. The average molecular weight is 2060 g/mol. The van der Waals surface area contributed by atoms with Gasteiger partial charge in [-0.3, -0.25) is 77.1 Å². The van der Waals surface area contributed by atoms with E-state index in [4.69, 9.17) is 18.9 Å². The molecule has 0 radical (unpaired) electrons.